The second kappa shape index (κ2) is 4.20. The molecule has 1 aromatic heterocycles. The van der Waals surface area contributed by atoms with Gasteiger partial charge in [-0.15, -0.1) is 0 Å². The highest BCUT2D eigenvalue weighted by Gasteiger charge is 2.38. The van der Waals surface area contributed by atoms with E-state index in [-0.39, 0.29) is 11.6 Å². The zero-order chi connectivity index (χ0) is 12.7. The van der Waals surface area contributed by atoms with Gasteiger partial charge in [0.05, 0.1) is 5.69 Å². The van der Waals surface area contributed by atoms with E-state index >= 15 is 0 Å². The van der Waals surface area contributed by atoms with Gasteiger partial charge in [0.25, 0.3) is 5.91 Å². The van der Waals surface area contributed by atoms with Crippen molar-refractivity contribution < 1.29 is 9.18 Å². The van der Waals surface area contributed by atoms with E-state index in [9.17, 15) is 9.18 Å². The molecule has 2 N–H and O–H groups in total. The molecular weight excluding hydrogens is 235 g/mol. The number of nitrogens with one attached hydrogen (secondary N) is 2. The maximum Gasteiger partial charge on any atom is 0.269 e. The SMILES string of the molecule is CNC(=O)c1ccc(N2C[C@H]3C[C@@H]2CN3)c(F)n1. The molecule has 2 fully saturated rings. The third-order valence-corrected chi connectivity index (χ3v) is 3.65. The Labute approximate surface area is 104 Å². The summed E-state index contributed by atoms with van der Waals surface area (Å²) in [6, 6.07) is 4.01. The third-order valence-electron chi connectivity index (χ3n) is 3.65. The fourth-order valence-corrected chi connectivity index (χ4v) is 2.75. The third kappa shape index (κ3) is 1.73. The standard InChI is InChI=1S/C12H15FN4O/c1-14-12(18)9-2-3-10(11(13)16-9)17-6-7-4-8(17)5-15-7/h2-3,7-8,15H,4-6H2,1H3,(H,14,18)/t7-,8-/m1/s1. The van der Waals surface area contributed by atoms with E-state index in [1.165, 1.54) is 7.05 Å². The molecule has 0 aliphatic carbocycles. The number of aromatic nitrogens is 1. The van der Waals surface area contributed by atoms with Crippen LogP contribution >= 0.6 is 0 Å². The van der Waals surface area contributed by atoms with Crippen molar-refractivity contribution in [3.05, 3.63) is 23.8 Å². The Morgan fingerprint density at radius 3 is 3.00 bits per heavy atom. The summed E-state index contributed by atoms with van der Waals surface area (Å²) < 4.78 is 14.0. The normalized spacial score (nSPS) is 25.6. The lowest BCUT2D eigenvalue weighted by Crippen LogP contribution is -2.44. The van der Waals surface area contributed by atoms with Crippen LogP contribution in [-0.2, 0) is 0 Å². The molecule has 5 nitrogen and oxygen atoms in total. The summed E-state index contributed by atoms with van der Waals surface area (Å²) in [5.41, 5.74) is 0.609. The molecule has 1 amide bonds. The van der Waals surface area contributed by atoms with Gasteiger partial charge < -0.3 is 15.5 Å². The monoisotopic (exact) mass is 250 g/mol. The highest BCUT2D eigenvalue weighted by atomic mass is 19.1. The molecule has 2 aliphatic heterocycles. The Balaban J connectivity index is 1.87. The van der Waals surface area contributed by atoms with Crippen molar-refractivity contribution in [2.24, 2.45) is 0 Å². The lowest BCUT2D eigenvalue weighted by molar-refractivity contribution is 0.0957. The molecule has 2 saturated heterocycles. The summed E-state index contributed by atoms with van der Waals surface area (Å²) in [6.07, 6.45) is 1.05. The van der Waals surface area contributed by atoms with Gasteiger partial charge in [0.15, 0.2) is 0 Å². The van der Waals surface area contributed by atoms with Crippen LogP contribution in [0.2, 0.25) is 0 Å². The summed E-state index contributed by atoms with van der Waals surface area (Å²) in [7, 11) is 1.50. The van der Waals surface area contributed by atoms with Gasteiger partial charge in [-0.25, -0.2) is 4.98 Å². The van der Waals surface area contributed by atoms with Crippen LogP contribution in [0.1, 0.15) is 16.9 Å². The smallest absolute Gasteiger partial charge is 0.269 e. The average Bonchev–Trinajstić information content (AvgIpc) is 3.00. The Morgan fingerprint density at radius 1 is 1.61 bits per heavy atom. The van der Waals surface area contributed by atoms with Crippen LogP contribution < -0.4 is 15.5 Å². The number of rotatable bonds is 2. The van der Waals surface area contributed by atoms with Gasteiger partial charge in [-0.1, -0.05) is 0 Å². The van der Waals surface area contributed by atoms with Gasteiger partial charge >= 0.3 is 0 Å². The van der Waals surface area contributed by atoms with Crippen molar-refractivity contribution in [2.45, 2.75) is 18.5 Å². The molecule has 18 heavy (non-hydrogen) atoms. The highest BCUT2D eigenvalue weighted by molar-refractivity contribution is 5.92. The Hall–Kier alpha value is -1.69. The van der Waals surface area contributed by atoms with Crippen LogP contribution in [-0.4, -0.2) is 43.1 Å². The van der Waals surface area contributed by atoms with Crippen molar-refractivity contribution in [3.63, 3.8) is 0 Å². The molecule has 1 aromatic rings. The summed E-state index contributed by atoms with van der Waals surface area (Å²) in [5, 5.41) is 5.80. The van der Waals surface area contributed by atoms with E-state index < -0.39 is 5.95 Å². The Morgan fingerprint density at radius 2 is 2.44 bits per heavy atom. The minimum Gasteiger partial charge on any atom is -0.362 e. The number of amides is 1. The van der Waals surface area contributed by atoms with Gasteiger partial charge in [0, 0.05) is 32.2 Å². The van der Waals surface area contributed by atoms with Gasteiger partial charge in [-0.3, -0.25) is 4.79 Å². The van der Waals surface area contributed by atoms with E-state index in [1.807, 2.05) is 4.90 Å². The van der Waals surface area contributed by atoms with Crippen molar-refractivity contribution in [3.8, 4) is 0 Å². The van der Waals surface area contributed by atoms with E-state index in [2.05, 4.69) is 15.6 Å². The Kier molecular flexibility index (Phi) is 2.66. The lowest BCUT2D eigenvalue weighted by atomic mass is 10.2. The largest absolute Gasteiger partial charge is 0.362 e. The summed E-state index contributed by atoms with van der Waals surface area (Å²) >= 11 is 0. The zero-order valence-electron chi connectivity index (χ0n) is 10.1. The van der Waals surface area contributed by atoms with E-state index in [4.69, 9.17) is 0 Å². The molecule has 0 aromatic carbocycles. The number of carbonyl (C=O) groups is 1. The second-order valence-electron chi connectivity index (χ2n) is 4.73. The first-order chi connectivity index (χ1) is 8.69. The minimum atomic E-state index is -0.566. The molecular formula is C12H15FN4O. The minimum absolute atomic E-state index is 0.112. The van der Waals surface area contributed by atoms with Gasteiger partial charge in [-0.05, 0) is 18.6 Å². The van der Waals surface area contributed by atoms with Gasteiger partial charge in [-0.2, -0.15) is 4.39 Å². The van der Waals surface area contributed by atoms with Crippen LogP contribution in [0.15, 0.2) is 12.1 Å². The van der Waals surface area contributed by atoms with Crippen LogP contribution in [0.4, 0.5) is 10.1 Å². The highest BCUT2D eigenvalue weighted by Crippen LogP contribution is 2.30. The number of fused-ring (bicyclic) bond motifs is 2. The average molecular weight is 250 g/mol. The van der Waals surface area contributed by atoms with Crippen molar-refractivity contribution >= 4 is 11.6 Å². The van der Waals surface area contributed by atoms with E-state index in [0.717, 1.165) is 19.5 Å². The molecule has 2 aliphatic rings. The van der Waals surface area contributed by atoms with Gasteiger partial charge in [0.2, 0.25) is 5.95 Å². The number of anilines is 1. The Bertz CT molecular complexity index is 493. The first kappa shape index (κ1) is 11.4. The predicted octanol–water partition coefficient (Wildman–Crippen LogP) is 0.131. The molecule has 6 heteroatoms. The molecule has 3 heterocycles. The fourth-order valence-electron chi connectivity index (χ4n) is 2.75. The molecule has 0 unspecified atom stereocenters. The van der Waals surface area contributed by atoms with Crippen LogP contribution in [0.5, 0.6) is 0 Å². The summed E-state index contributed by atoms with van der Waals surface area (Å²) in [5.74, 6) is -0.936. The molecule has 0 radical (unpaired) electrons. The van der Waals surface area contributed by atoms with Crippen molar-refractivity contribution in [2.75, 3.05) is 25.0 Å². The maximum atomic E-state index is 14.0. The summed E-state index contributed by atoms with van der Waals surface area (Å²) in [4.78, 5) is 17.1. The second-order valence-corrected chi connectivity index (χ2v) is 4.73. The van der Waals surface area contributed by atoms with E-state index in [1.54, 1.807) is 12.1 Å². The number of halogens is 1. The topological polar surface area (TPSA) is 57.3 Å². The number of carbonyl (C=O) groups excluding carboxylic acids is 1. The molecule has 3 rings (SSSR count). The fraction of sp³-hybridized carbons (Fsp3) is 0.500. The first-order valence-corrected chi connectivity index (χ1v) is 6.07. The number of hydrogen-bond donors (Lipinski definition) is 2. The van der Waals surface area contributed by atoms with Crippen LogP contribution in [0.25, 0.3) is 0 Å². The van der Waals surface area contributed by atoms with E-state index in [0.29, 0.717) is 17.8 Å². The predicted molar refractivity (Wildman–Crippen MR) is 65.1 cm³/mol. The molecule has 96 valence electrons. The van der Waals surface area contributed by atoms with Crippen molar-refractivity contribution in [1.29, 1.82) is 0 Å². The lowest BCUT2D eigenvalue weighted by Gasteiger charge is -2.29. The number of nitrogens with zero attached hydrogens (tertiary/aromatic N) is 2. The quantitative estimate of drug-likeness (QED) is 0.733. The number of piperazine rings is 1. The van der Waals surface area contributed by atoms with Crippen LogP contribution in [0.3, 0.4) is 0 Å². The van der Waals surface area contributed by atoms with Crippen molar-refractivity contribution in [1.82, 2.24) is 15.6 Å². The summed E-state index contributed by atoms with van der Waals surface area (Å²) in [6.45, 7) is 1.70. The maximum absolute atomic E-state index is 14.0. The first-order valence-electron chi connectivity index (χ1n) is 6.07. The number of pyridine rings is 1. The zero-order valence-corrected chi connectivity index (χ0v) is 10.1. The molecule has 0 saturated carbocycles. The van der Waals surface area contributed by atoms with Gasteiger partial charge in [0.1, 0.15) is 5.69 Å². The van der Waals surface area contributed by atoms with Crippen LogP contribution in [0, 0.1) is 5.95 Å². The number of hydrogen-bond acceptors (Lipinski definition) is 4. The molecule has 0 spiro atoms. The molecule has 2 atom stereocenters. The molecule has 2 bridgehead atoms.